The summed E-state index contributed by atoms with van der Waals surface area (Å²) >= 11 is 5.77. The molecule has 2 aromatic rings. The highest BCUT2D eigenvalue weighted by Gasteiger charge is 2.34. The fraction of sp³-hybridized carbons (Fsp3) is 0.381. The van der Waals surface area contributed by atoms with E-state index in [1.54, 1.807) is 18.2 Å². The Labute approximate surface area is 170 Å². The Morgan fingerprint density at radius 2 is 1.90 bits per heavy atom. The van der Waals surface area contributed by atoms with Gasteiger partial charge in [0.15, 0.2) is 0 Å². The van der Waals surface area contributed by atoms with E-state index < -0.39 is 18.0 Å². The van der Waals surface area contributed by atoms with E-state index in [1.807, 2.05) is 0 Å². The monoisotopic (exact) mass is 424 g/mol. The molecule has 8 heteroatoms. The highest BCUT2D eigenvalue weighted by molar-refractivity contribution is 6.31. The van der Waals surface area contributed by atoms with E-state index in [4.69, 9.17) is 11.6 Å². The SMILES string of the molecule is O=c1[nH]c(/C(=C/[C@H]2CCC(O)N2)c2ccc(Cl)c(C(F)(F)F)c2)ccc1C1CC1. The Balaban J connectivity index is 1.80. The Morgan fingerprint density at radius 3 is 2.48 bits per heavy atom. The molecule has 4 nitrogen and oxygen atoms in total. The lowest BCUT2D eigenvalue weighted by Crippen LogP contribution is -2.27. The number of hydrogen-bond acceptors (Lipinski definition) is 3. The van der Waals surface area contributed by atoms with Crippen LogP contribution in [0.3, 0.4) is 0 Å². The molecule has 1 aliphatic heterocycles. The second-order valence-electron chi connectivity index (χ2n) is 7.57. The minimum Gasteiger partial charge on any atom is -0.379 e. The van der Waals surface area contributed by atoms with Crippen molar-refractivity contribution in [2.24, 2.45) is 0 Å². The first-order valence-electron chi connectivity index (χ1n) is 9.49. The topological polar surface area (TPSA) is 65.1 Å². The minimum atomic E-state index is -4.59. The molecular weight excluding hydrogens is 405 g/mol. The number of aliphatic hydroxyl groups is 1. The lowest BCUT2D eigenvalue weighted by atomic mass is 9.96. The van der Waals surface area contributed by atoms with Crippen molar-refractivity contribution >= 4 is 17.2 Å². The predicted octanol–water partition coefficient (Wildman–Crippen LogP) is 4.43. The molecule has 1 unspecified atom stereocenters. The zero-order chi connectivity index (χ0) is 20.8. The van der Waals surface area contributed by atoms with Crippen LogP contribution in [0.25, 0.3) is 5.57 Å². The second-order valence-corrected chi connectivity index (χ2v) is 7.98. The van der Waals surface area contributed by atoms with Crippen LogP contribution in [0.2, 0.25) is 5.02 Å². The van der Waals surface area contributed by atoms with Crippen molar-refractivity contribution < 1.29 is 18.3 Å². The molecule has 2 fully saturated rings. The summed E-state index contributed by atoms with van der Waals surface area (Å²) in [4.78, 5) is 15.3. The van der Waals surface area contributed by atoms with Gasteiger partial charge in [0.25, 0.3) is 5.56 Å². The molecule has 29 heavy (non-hydrogen) atoms. The molecule has 0 spiro atoms. The predicted molar refractivity (Wildman–Crippen MR) is 105 cm³/mol. The fourth-order valence-electron chi connectivity index (χ4n) is 3.69. The summed E-state index contributed by atoms with van der Waals surface area (Å²) in [6.45, 7) is 0. The summed E-state index contributed by atoms with van der Waals surface area (Å²) < 4.78 is 40.1. The summed E-state index contributed by atoms with van der Waals surface area (Å²) in [6, 6.07) is 6.96. The van der Waals surface area contributed by atoms with Crippen LogP contribution in [0.15, 0.2) is 41.2 Å². The second kappa shape index (κ2) is 7.63. The average molecular weight is 425 g/mol. The van der Waals surface area contributed by atoms with E-state index in [0.29, 0.717) is 35.2 Å². The number of hydrogen-bond donors (Lipinski definition) is 3. The van der Waals surface area contributed by atoms with Crippen molar-refractivity contribution in [3.8, 4) is 0 Å². The van der Waals surface area contributed by atoms with Crippen molar-refractivity contribution in [2.75, 3.05) is 0 Å². The van der Waals surface area contributed by atoms with Gasteiger partial charge in [-0.2, -0.15) is 13.2 Å². The lowest BCUT2D eigenvalue weighted by molar-refractivity contribution is -0.137. The maximum atomic E-state index is 13.4. The maximum Gasteiger partial charge on any atom is 0.417 e. The van der Waals surface area contributed by atoms with Crippen LogP contribution in [0.5, 0.6) is 0 Å². The van der Waals surface area contributed by atoms with Crippen molar-refractivity contribution in [1.29, 1.82) is 0 Å². The smallest absolute Gasteiger partial charge is 0.379 e. The van der Waals surface area contributed by atoms with Gasteiger partial charge in [0, 0.05) is 22.9 Å². The number of nitrogens with one attached hydrogen (secondary N) is 2. The lowest BCUT2D eigenvalue weighted by Gasteiger charge is -2.16. The van der Waals surface area contributed by atoms with Crippen LogP contribution in [0.4, 0.5) is 13.2 Å². The van der Waals surface area contributed by atoms with Crippen molar-refractivity contribution in [1.82, 2.24) is 10.3 Å². The molecular formula is C21H20ClF3N2O2. The first-order chi connectivity index (χ1) is 13.7. The van der Waals surface area contributed by atoms with Crippen molar-refractivity contribution in [2.45, 2.75) is 50.0 Å². The molecule has 2 aliphatic rings. The Hall–Kier alpha value is -2.09. The van der Waals surface area contributed by atoms with Crippen LogP contribution >= 0.6 is 11.6 Å². The van der Waals surface area contributed by atoms with Gasteiger partial charge in [-0.15, -0.1) is 0 Å². The number of aliphatic hydroxyl groups excluding tert-OH is 1. The molecule has 1 saturated carbocycles. The molecule has 2 heterocycles. The standard InChI is InChI=1S/C21H20ClF3N2O2/c22-17-6-3-12(9-16(17)21(23,24)25)15(10-13-4-8-19(28)26-13)18-7-5-14(11-1-2-11)20(29)27-18/h3,5-7,9-11,13,19,26,28H,1-2,4,8H2,(H,27,29)/b15-10+/t13-,19?/m1/s1. The number of rotatable bonds is 4. The Bertz CT molecular complexity index is 1010. The van der Waals surface area contributed by atoms with Gasteiger partial charge in [0.05, 0.1) is 10.6 Å². The van der Waals surface area contributed by atoms with Gasteiger partial charge in [-0.1, -0.05) is 29.8 Å². The van der Waals surface area contributed by atoms with E-state index in [-0.39, 0.29) is 22.5 Å². The zero-order valence-electron chi connectivity index (χ0n) is 15.4. The molecule has 4 rings (SSSR count). The van der Waals surface area contributed by atoms with Crippen LogP contribution in [0.1, 0.15) is 54.0 Å². The van der Waals surface area contributed by atoms with Crippen LogP contribution < -0.4 is 10.9 Å². The number of pyridine rings is 1. The third-order valence-electron chi connectivity index (χ3n) is 5.36. The summed E-state index contributed by atoms with van der Waals surface area (Å²) in [5.74, 6) is 0.263. The van der Waals surface area contributed by atoms with Crippen molar-refractivity contribution in [3.63, 3.8) is 0 Å². The molecule has 0 radical (unpaired) electrons. The number of halogens is 4. The summed E-state index contributed by atoms with van der Waals surface area (Å²) in [6.07, 6.45) is -0.383. The molecule has 1 aromatic heterocycles. The highest BCUT2D eigenvalue weighted by Crippen LogP contribution is 2.39. The quantitative estimate of drug-likeness (QED) is 0.680. The Kier molecular flexibility index (Phi) is 5.31. The number of H-pyrrole nitrogens is 1. The maximum absolute atomic E-state index is 13.4. The molecule has 1 aromatic carbocycles. The number of aromatic nitrogens is 1. The van der Waals surface area contributed by atoms with Gasteiger partial charge < -0.3 is 10.1 Å². The summed E-state index contributed by atoms with van der Waals surface area (Å²) in [5.41, 5.74) is 0.727. The molecule has 0 bridgehead atoms. The molecule has 1 saturated heterocycles. The summed E-state index contributed by atoms with van der Waals surface area (Å²) in [7, 11) is 0. The third-order valence-corrected chi connectivity index (χ3v) is 5.69. The Morgan fingerprint density at radius 1 is 1.14 bits per heavy atom. The largest absolute Gasteiger partial charge is 0.417 e. The molecule has 3 N–H and O–H groups in total. The van der Waals surface area contributed by atoms with Gasteiger partial charge in [-0.25, -0.2) is 0 Å². The van der Waals surface area contributed by atoms with Crippen LogP contribution in [-0.4, -0.2) is 22.4 Å². The average Bonchev–Trinajstić information content (AvgIpc) is 3.41. The summed E-state index contributed by atoms with van der Waals surface area (Å²) in [5, 5.41) is 12.3. The fourth-order valence-corrected chi connectivity index (χ4v) is 3.92. The van der Waals surface area contributed by atoms with Gasteiger partial charge in [-0.3, -0.25) is 10.1 Å². The first-order valence-corrected chi connectivity index (χ1v) is 9.87. The molecule has 0 amide bonds. The zero-order valence-corrected chi connectivity index (χ0v) is 16.1. The first kappa shape index (κ1) is 20.2. The van der Waals surface area contributed by atoms with Crippen LogP contribution in [-0.2, 0) is 6.18 Å². The van der Waals surface area contributed by atoms with E-state index >= 15 is 0 Å². The van der Waals surface area contributed by atoms with Gasteiger partial charge >= 0.3 is 6.18 Å². The van der Waals surface area contributed by atoms with Gasteiger partial charge in [0.2, 0.25) is 0 Å². The molecule has 1 aliphatic carbocycles. The highest BCUT2D eigenvalue weighted by atomic mass is 35.5. The van der Waals surface area contributed by atoms with Crippen molar-refractivity contribution in [3.05, 3.63) is 74.2 Å². The molecule has 2 atom stereocenters. The van der Waals surface area contributed by atoms with E-state index in [1.165, 1.54) is 12.1 Å². The number of benzene rings is 1. The molecule has 154 valence electrons. The van der Waals surface area contributed by atoms with Gasteiger partial charge in [-0.05, 0) is 55.4 Å². The van der Waals surface area contributed by atoms with Gasteiger partial charge in [0.1, 0.15) is 6.23 Å². The van der Waals surface area contributed by atoms with E-state index in [9.17, 15) is 23.1 Å². The number of aromatic amines is 1. The number of alkyl halides is 3. The third kappa shape index (κ3) is 4.42. The van der Waals surface area contributed by atoms with E-state index in [0.717, 1.165) is 18.9 Å². The minimum absolute atomic E-state index is 0.222. The van der Waals surface area contributed by atoms with Crippen LogP contribution in [0, 0.1) is 0 Å². The normalized spacial score (nSPS) is 22.9. The van der Waals surface area contributed by atoms with E-state index in [2.05, 4.69) is 10.3 Å².